The van der Waals surface area contributed by atoms with Gasteiger partial charge < -0.3 is 19.1 Å². The lowest BCUT2D eigenvalue weighted by molar-refractivity contribution is 0.122. The Morgan fingerprint density at radius 3 is 2.61 bits per heavy atom. The number of nitrogens with zero attached hydrogens (tertiary/aromatic N) is 4. The molecule has 0 amide bonds. The molecule has 0 N–H and O–H groups in total. The van der Waals surface area contributed by atoms with Crippen LogP contribution in [-0.2, 0) is 24.2 Å². The van der Waals surface area contributed by atoms with Gasteiger partial charge in [-0.3, -0.25) is 4.90 Å². The molecular weight excluding hydrogens is 392 g/mol. The number of benzene rings is 1. The van der Waals surface area contributed by atoms with Crippen molar-refractivity contribution in [2.75, 3.05) is 51.5 Å². The molecule has 7 nitrogen and oxygen atoms in total. The zero-order valence-corrected chi connectivity index (χ0v) is 19.2. The molecule has 0 bridgehead atoms. The summed E-state index contributed by atoms with van der Waals surface area (Å²) in [7, 11) is 1.68. The lowest BCUT2D eigenvalue weighted by Crippen LogP contribution is -2.39. The average molecular weight is 427 g/mol. The third-order valence-electron chi connectivity index (χ3n) is 5.90. The van der Waals surface area contributed by atoms with Gasteiger partial charge in [0.05, 0.1) is 32.6 Å². The normalized spacial score (nSPS) is 17.0. The Morgan fingerprint density at radius 2 is 1.90 bits per heavy atom. The van der Waals surface area contributed by atoms with Gasteiger partial charge in [0.15, 0.2) is 11.5 Å². The van der Waals surface area contributed by atoms with Crippen LogP contribution in [0, 0.1) is 0 Å². The molecule has 1 aromatic carbocycles. The highest BCUT2D eigenvalue weighted by atomic mass is 16.5. The van der Waals surface area contributed by atoms with Crippen LogP contribution in [0.15, 0.2) is 18.2 Å². The Morgan fingerprint density at radius 1 is 1.10 bits per heavy atom. The van der Waals surface area contributed by atoms with Crippen LogP contribution >= 0.6 is 0 Å². The van der Waals surface area contributed by atoms with Gasteiger partial charge in [-0.05, 0) is 31.0 Å². The summed E-state index contributed by atoms with van der Waals surface area (Å²) in [6, 6.07) is 6.21. The summed E-state index contributed by atoms with van der Waals surface area (Å²) in [6.07, 6.45) is 0.967. The molecule has 3 heterocycles. The number of aromatic nitrogens is 2. The van der Waals surface area contributed by atoms with Crippen LogP contribution < -0.4 is 14.4 Å². The molecule has 1 aromatic heterocycles. The molecule has 0 atom stereocenters. The van der Waals surface area contributed by atoms with Crippen LogP contribution in [0.4, 0.5) is 5.82 Å². The van der Waals surface area contributed by atoms with Gasteiger partial charge in [-0.15, -0.1) is 0 Å². The molecule has 31 heavy (non-hydrogen) atoms. The third kappa shape index (κ3) is 4.93. The molecule has 1 saturated heterocycles. The number of morpholine rings is 1. The summed E-state index contributed by atoms with van der Waals surface area (Å²) in [6.45, 7) is 13.0. The fraction of sp³-hybridized carbons (Fsp3) is 0.583. The van der Waals surface area contributed by atoms with Crippen LogP contribution in [0.25, 0.3) is 0 Å². The molecule has 0 unspecified atom stereocenters. The molecular formula is C24H34N4O3. The maximum atomic E-state index is 5.76. The Balaban J connectivity index is 1.56. The second kappa shape index (κ2) is 9.83. The summed E-state index contributed by atoms with van der Waals surface area (Å²) < 4.78 is 16.7. The standard InChI is InChI=1S/C24H34N4O3/c1-5-31-22-14-18(6-7-21(22)29-4)15-27-9-8-19-20(16-27)25-23(17(2)3)26-24(19)28-10-12-30-13-11-28/h6-7,14,17H,5,8-13,15-16H2,1-4H3. The van der Waals surface area contributed by atoms with Crippen LogP contribution in [0.2, 0.25) is 0 Å². The van der Waals surface area contributed by atoms with Crippen molar-refractivity contribution < 1.29 is 14.2 Å². The van der Waals surface area contributed by atoms with Crippen molar-refractivity contribution in [3.05, 3.63) is 40.8 Å². The van der Waals surface area contributed by atoms with Crippen molar-refractivity contribution in [1.29, 1.82) is 0 Å². The predicted octanol–water partition coefficient (Wildman–Crippen LogP) is 3.40. The Bertz CT molecular complexity index is 897. The Labute approximate surface area is 185 Å². The minimum atomic E-state index is 0.302. The van der Waals surface area contributed by atoms with Crippen molar-refractivity contribution in [2.45, 2.75) is 46.2 Å². The molecule has 2 aliphatic heterocycles. The second-order valence-corrected chi connectivity index (χ2v) is 8.46. The number of ether oxygens (including phenoxy) is 3. The van der Waals surface area contributed by atoms with Crippen molar-refractivity contribution in [3.63, 3.8) is 0 Å². The van der Waals surface area contributed by atoms with E-state index in [-0.39, 0.29) is 0 Å². The number of methoxy groups -OCH3 is 1. The quantitative estimate of drug-likeness (QED) is 0.672. The highest BCUT2D eigenvalue weighted by Gasteiger charge is 2.26. The monoisotopic (exact) mass is 426 g/mol. The van der Waals surface area contributed by atoms with E-state index in [1.54, 1.807) is 7.11 Å². The summed E-state index contributed by atoms with van der Waals surface area (Å²) >= 11 is 0. The van der Waals surface area contributed by atoms with E-state index in [1.807, 2.05) is 13.0 Å². The third-order valence-corrected chi connectivity index (χ3v) is 5.90. The Hall–Kier alpha value is -2.38. The van der Waals surface area contributed by atoms with Gasteiger partial charge in [-0.2, -0.15) is 0 Å². The van der Waals surface area contributed by atoms with Gasteiger partial charge in [-0.1, -0.05) is 19.9 Å². The molecule has 4 rings (SSSR count). The molecule has 2 aliphatic rings. The first-order chi connectivity index (χ1) is 15.1. The molecule has 0 aliphatic carbocycles. The van der Waals surface area contributed by atoms with Crippen molar-refractivity contribution >= 4 is 5.82 Å². The van der Waals surface area contributed by atoms with Gasteiger partial charge in [0.1, 0.15) is 11.6 Å². The smallest absolute Gasteiger partial charge is 0.161 e. The summed E-state index contributed by atoms with van der Waals surface area (Å²) in [5.74, 6) is 3.94. The summed E-state index contributed by atoms with van der Waals surface area (Å²) in [5.41, 5.74) is 3.71. The van der Waals surface area contributed by atoms with Crippen molar-refractivity contribution in [3.8, 4) is 11.5 Å². The highest BCUT2D eigenvalue weighted by Crippen LogP contribution is 2.31. The minimum Gasteiger partial charge on any atom is -0.493 e. The molecule has 0 saturated carbocycles. The van der Waals surface area contributed by atoms with E-state index in [1.165, 1.54) is 16.8 Å². The van der Waals surface area contributed by atoms with Gasteiger partial charge in [0, 0.05) is 44.2 Å². The molecule has 1 fully saturated rings. The highest BCUT2D eigenvalue weighted by molar-refractivity contribution is 5.51. The second-order valence-electron chi connectivity index (χ2n) is 8.46. The van der Waals surface area contributed by atoms with E-state index in [0.717, 1.165) is 75.5 Å². The maximum Gasteiger partial charge on any atom is 0.161 e. The zero-order valence-electron chi connectivity index (χ0n) is 19.2. The van der Waals surface area contributed by atoms with E-state index >= 15 is 0 Å². The van der Waals surface area contributed by atoms with Gasteiger partial charge in [-0.25, -0.2) is 9.97 Å². The minimum absolute atomic E-state index is 0.302. The maximum absolute atomic E-state index is 5.76. The average Bonchev–Trinajstić information content (AvgIpc) is 2.79. The SMILES string of the molecule is CCOc1cc(CN2CCc3c(nc(C(C)C)nc3N3CCOCC3)C2)ccc1OC. The van der Waals surface area contributed by atoms with Crippen LogP contribution in [0.5, 0.6) is 11.5 Å². The lowest BCUT2D eigenvalue weighted by Gasteiger charge is -2.34. The number of hydrogen-bond acceptors (Lipinski definition) is 7. The topological polar surface area (TPSA) is 60.0 Å². The van der Waals surface area contributed by atoms with Gasteiger partial charge in [0.25, 0.3) is 0 Å². The molecule has 168 valence electrons. The molecule has 0 radical (unpaired) electrons. The van der Waals surface area contributed by atoms with Gasteiger partial charge >= 0.3 is 0 Å². The fourth-order valence-corrected chi connectivity index (χ4v) is 4.26. The number of anilines is 1. The van der Waals surface area contributed by atoms with E-state index < -0.39 is 0 Å². The van der Waals surface area contributed by atoms with E-state index in [9.17, 15) is 0 Å². The van der Waals surface area contributed by atoms with Crippen LogP contribution in [0.3, 0.4) is 0 Å². The van der Waals surface area contributed by atoms with Crippen molar-refractivity contribution in [1.82, 2.24) is 14.9 Å². The fourth-order valence-electron chi connectivity index (χ4n) is 4.26. The number of fused-ring (bicyclic) bond motifs is 1. The zero-order chi connectivity index (χ0) is 21.8. The molecule has 2 aromatic rings. The van der Waals surface area contributed by atoms with E-state index in [4.69, 9.17) is 24.2 Å². The largest absolute Gasteiger partial charge is 0.493 e. The number of hydrogen-bond donors (Lipinski definition) is 0. The van der Waals surface area contributed by atoms with E-state index in [2.05, 4.69) is 35.8 Å². The molecule has 7 heteroatoms. The number of rotatable bonds is 7. The molecule has 0 spiro atoms. The van der Waals surface area contributed by atoms with E-state index in [0.29, 0.717) is 12.5 Å². The Kier molecular flexibility index (Phi) is 6.92. The lowest BCUT2D eigenvalue weighted by atomic mass is 10.0. The first kappa shape index (κ1) is 21.8. The van der Waals surface area contributed by atoms with Gasteiger partial charge in [0.2, 0.25) is 0 Å². The summed E-state index contributed by atoms with van der Waals surface area (Å²) in [4.78, 5) is 14.8. The van der Waals surface area contributed by atoms with Crippen LogP contribution in [0.1, 0.15) is 49.3 Å². The van der Waals surface area contributed by atoms with Crippen molar-refractivity contribution in [2.24, 2.45) is 0 Å². The first-order valence-corrected chi connectivity index (χ1v) is 11.3. The van der Waals surface area contributed by atoms with Crippen LogP contribution in [-0.4, -0.2) is 61.4 Å². The predicted molar refractivity (Wildman–Crippen MR) is 121 cm³/mol. The summed E-state index contributed by atoms with van der Waals surface area (Å²) in [5, 5.41) is 0. The first-order valence-electron chi connectivity index (χ1n) is 11.3.